The Morgan fingerprint density at radius 3 is 2.22 bits per heavy atom. The quantitative estimate of drug-likeness (QED) is 0.679. The minimum absolute atomic E-state index is 0.259. The van der Waals surface area contributed by atoms with Crippen LogP contribution in [0.1, 0.15) is 40.5 Å². The molecule has 0 spiro atoms. The number of carbonyl (C=O) groups excluding carboxylic acids is 1. The van der Waals surface area contributed by atoms with E-state index in [1.807, 2.05) is 18.7 Å². The third-order valence-electron chi connectivity index (χ3n) is 3.38. The largest absolute Gasteiger partial charge is 0.379 e. The van der Waals surface area contributed by atoms with Gasteiger partial charge in [0.25, 0.3) is 0 Å². The molecule has 0 saturated carbocycles. The Kier molecular flexibility index (Phi) is 6.65. The summed E-state index contributed by atoms with van der Waals surface area (Å²) in [6.45, 7) is 12.9. The van der Waals surface area contributed by atoms with E-state index in [4.69, 9.17) is 4.74 Å². The van der Waals surface area contributed by atoms with Gasteiger partial charge in [-0.2, -0.15) is 0 Å². The van der Waals surface area contributed by atoms with Crippen molar-refractivity contribution in [2.24, 2.45) is 0 Å². The first-order valence-electron chi connectivity index (χ1n) is 7.14. The molecular formula is C14H28N2O2. The van der Waals surface area contributed by atoms with Crippen LogP contribution in [0.25, 0.3) is 0 Å². The van der Waals surface area contributed by atoms with E-state index in [1.54, 1.807) is 0 Å². The summed E-state index contributed by atoms with van der Waals surface area (Å²) < 4.78 is 5.45. The molecule has 18 heavy (non-hydrogen) atoms. The molecule has 1 saturated heterocycles. The van der Waals surface area contributed by atoms with E-state index in [0.717, 1.165) is 32.6 Å². The monoisotopic (exact) mass is 256 g/mol. The Hall–Kier alpha value is -0.610. The molecule has 0 radical (unpaired) electrons. The van der Waals surface area contributed by atoms with Crippen molar-refractivity contribution in [1.82, 2.24) is 9.80 Å². The van der Waals surface area contributed by atoms with Gasteiger partial charge in [-0.05, 0) is 34.1 Å². The molecule has 4 heteroatoms. The van der Waals surface area contributed by atoms with Crippen LogP contribution in [0.4, 0.5) is 0 Å². The van der Waals surface area contributed by atoms with Crippen LogP contribution >= 0.6 is 0 Å². The average molecular weight is 256 g/mol. The van der Waals surface area contributed by atoms with E-state index < -0.39 is 0 Å². The molecule has 1 amide bonds. The van der Waals surface area contributed by atoms with Gasteiger partial charge in [0, 0.05) is 45.2 Å². The van der Waals surface area contributed by atoms with Gasteiger partial charge in [0.1, 0.15) is 0 Å². The summed E-state index contributed by atoms with van der Waals surface area (Å²) in [5, 5.41) is 0. The van der Waals surface area contributed by atoms with Gasteiger partial charge < -0.3 is 9.64 Å². The topological polar surface area (TPSA) is 32.8 Å². The lowest BCUT2D eigenvalue weighted by Gasteiger charge is -2.37. The lowest BCUT2D eigenvalue weighted by atomic mass is 10.2. The molecule has 106 valence electrons. The number of ether oxygens (including phenoxy) is 1. The molecule has 4 nitrogen and oxygen atoms in total. The summed E-state index contributed by atoms with van der Waals surface area (Å²) in [6.07, 6.45) is 1.71. The Morgan fingerprint density at radius 2 is 1.72 bits per heavy atom. The molecule has 0 atom stereocenters. The summed E-state index contributed by atoms with van der Waals surface area (Å²) in [5.41, 5.74) is 0. The van der Waals surface area contributed by atoms with Crippen LogP contribution < -0.4 is 0 Å². The summed E-state index contributed by atoms with van der Waals surface area (Å²) in [6, 6.07) is 0.585. The smallest absolute Gasteiger partial charge is 0.222 e. The highest BCUT2D eigenvalue weighted by molar-refractivity contribution is 5.76. The molecule has 0 aromatic heterocycles. The van der Waals surface area contributed by atoms with E-state index >= 15 is 0 Å². The van der Waals surface area contributed by atoms with Crippen LogP contribution in [0.3, 0.4) is 0 Å². The highest BCUT2D eigenvalue weighted by Gasteiger charge is 2.21. The molecule has 0 unspecified atom stereocenters. The third-order valence-corrected chi connectivity index (χ3v) is 3.38. The highest BCUT2D eigenvalue weighted by atomic mass is 16.5. The normalized spacial score (nSPS) is 17.8. The molecule has 0 aromatic carbocycles. The Morgan fingerprint density at radius 1 is 1.11 bits per heavy atom. The molecule has 0 N–H and O–H groups in total. The number of carbonyl (C=O) groups is 1. The molecule has 0 aliphatic carbocycles. The van der Waals surface area contributed by atoms with E-state index in [2.05, 4.69) is 18.7 Å². The van der Waals surface area contributed by atoms with Crippen molar-refractivity contribution < 1.29 is 9.53 Å². The minimum Gasteiger partial charge on any atom is -0.379 e. The Balaban J connectivity index is 2.16. The minimum atomic E-state index is 0.259. The predicted octanol–water partition coefficient (Wildman–Crippen LogP) is 1.74. The van der Waals surface area contributed by atoms with Gasteiger partial charge in [-0.15, -0.1) is 0 Å². The maximum Gasteiger partial charge on any atom is 0.222 e. The summed E-state index contributed by atoms with van der Waals surface area (Å²) in [7, 11) is 0. The molecule has 1 rings (SSSR count). The molecule has 0 aromatic rings. The molecular weight excluding hydrogens is 228 g/mol. The first kappa shape index (κ1) is 15.4. The Labute approximate surface area is 111 Å². The van der Waals surface area contributed by atoms with Crippen LogP contribution in [0.15, 0.2) is 0 Å². The van der Waals surface area contributed by atoms with Gasteiger partial charge in [-0.1, -0.05) is 0 Å². The van der Waals surface area contributed by atoms with Gasteiger partial charge in [0.2, 0.25) is 5.91 Å². The van der Waals surface area contributed by atoms with Gasteiger partial charge in [-0.25, -0.2) is 0 Å². The summed E-state index contributed by atoms with van der Waals surface area (Å²) in [4.78, 5) is 16.4. The van der Waals surface area contributed by atoms with E-state index in [9.17, 15) is 4.79 Å². The van der Waals surface area contributed by atoms with Gasteiger partial charge in [-0.3, -0.25) is 9.69 Å². The second kappa shape index (κ2) is 7.74. The maximum atomic E-state index is 12.0. The van der Waals surface area contributed by atoms with Crippen molar-refractivity contribution >= 4 is 5.91 Å². The lowest BCUT2D eigenvalue weighted by Crippen LogP contribution is -2.50. The van der Waals surface area contributed by atoms with Gasteiger partial charge in [0.15, 0.2) is 0 Å². The van der Waals surface area contributed by atoms with E-state index in [1.165, 1.54) is 0 Å². The third kappa shape index (κ3) is 5.36. The number of amides is 1. The zero-order chi connectivity index (χ0) is 13.5. The standard InChI is InChI=1S/C14H28N2O2/c1-12(2)15-7-9-16(10-8-15)14(17)6-5-11-18-13(3)4/h12-13H,5-11H2,1-4H3. The van der Waals surface area contributed by atoms with Crippen LogP contribution in [0.2, 0.25) is 0 Å². The second-order valence-electron chi connectivity index (χ2n) is 5.53. The van der Waals surface area contributed by atoms with E-state index in [0.29, 0.717) is 19.1 Å². The Bertz CT molecular complexity index is 246. The van der Waals surface area contributed by atoms with Crippen LogP contribution in [-0.4, -0.2) is 60.6 Å². The number of rotatable bonds is 6. The summed E-state index contributed by atoms with van der Waals surface area (Å²) >= 11 is 0. The van der Waals surface area contributed by atoms with Crippen molar-refractivity contribution in [3.8, 4) is 0 Å². The van der Waals surface area contributed by atoms with Crippen molar-refractivity contribution in [3.05, 3.63) is 0 Å². The number of nitrogens with zero attached hydrogens (tertiary/aromatic N) is 2. The van der Waals surface area contributed by atoms with Crippen molar-refractivity contribution in [2.75, 3.05) is 32.8 Å². The fraction of sp³-hybridized carbons (Fsp3) is 0.929. The highest BCUT2D eigenvalue weighted by Crippen LogP contribution is 2.08. The average Bonchev–Trinajstić information content (AvgIpc) is 2.34. The fourth-order valence-electron chi connectivity index (χ4n) is 2.19. The van der Waals surface area contributed by atoms with Crippen molar-refractivity contribution in [3.63, 3.8) is 0 Å². The SMILES string of the molecule is CC(C)OCCCC(=O)N1CCN(C(C)C)CC1. The first-order valence-corrected chi connectivity index (χ1v) is 7.14. The fourth-order valence-corrected chi connectivity index (χ4v) is 2.19. The summed E-state index contributed by atoms with van der Waals surface area (Å²) in [5.74, 6) is 0.283. The van der Waals surface area contributed by atoms with Crippen LogP contribution in [0.5, 0.6) is 0 Å². The molecule has 1 heterocycles. The molecule has 0 bridgehead atoms. The number of piperazine rings is 1. The van der Waals surface area contributed by atoms with Crippen molar-refractivity contribution in [2.45, 2.75) is 52.7 Å². The van der Waals surface area contributed by atoms with E-state index in [-0.39, 0.29) is 12.0 Å². The van der Waals surface area contributed by atoms with Crippen LogP contribution in [0, 0.1) is 0 Å². The number of hydrogen-bond donors (Lipinski definition) is 0. The maximum absolute atomic E-state index is 12.0. The predicted molar refractivity (Wildman–Crippen MR) is 73.6 cm³/mol. The van der Waals surface area contributed by atoms with Crippen LogP contribution in [-0.2, 0) is 9.53 Å². The zero-order valence-corrected chi connectivity index (χ0v) is 12.3. The molecule has 1 aliphatic heterocycles. The first-order chi connectivity index (χ1) is 8.50. The molecule has 1 aliphatic rings. The molecule has 1 fully saturated rings. The van der Waals surface area contributed by atoms with Gasteiger partial charge in [0.05, 0.1) is 6.10 Å². The van der Waals surface area contributed by atoms with Gasteiger partial charge >= 0.3 is 0 Å². The lowest BCUT2D eigenvalue weighted by molar-refractivity contribution is -0.133. The second-order valence-corrected chi connectivity index (χ2v) is 5.53. The zero-order valence-electron chi connectivity index (χ0n) is 12.3. The van der Waals surface area contributed by atoms with Crippen molar-refractivity contribution in [1.29, 1.82) is 0 Å². The number of hydrogen-bond acceptors (Lipinski definition) is 3.